The van der Waals surface area contributed by atoms with Crippen LogP contribution in [-0.4, -0.2) is 47.3 Å². The van der Waals surface area contributed by atoms with Gasteiger partial charge in [0, 0.05) is 6.61 Å². The molecule has 6 unspecified atom stereocenters. The molecule has 0 rings (SSSR count). The van der Waals surface area contributed by atoms with Crippen LogP contribution in [0.25, 0.3) is 0 Å². The van der Waals surface area contributed by atoms with Gasteiger partial charge in [0.15, 0.2) is 0 Å². The number of aliphatic hydroxyl groups is 1. The topological polar surface area (TPSA) is 47.9 Å². The van der Waals surface area contributed by atoms with Gasteiger partial charge in [0.05, 0.1) is 35.6 Å². The summed E-state index contributed by atoms with van der Waals surface area (Å²) in [6.45, 7) is 27.6. The predicted molar refractivity (Wildman–Crippen MR) is 142 cm³/mol. The summed E-state index contributed by atoms with van der Waals surface area (Å²) in [4.78, 5) is 0. The van der Waals surface area contributed by atoms with Crippen molar-refractivity contribution in [1.82, 2.24) is 0 Å². The zero-order valence-corrected chi connectivity index (χ0v) is 24.5. The fourth-order valence-corrected chi connectivity index (χ4v) is 4.92. The van der Waals surface area contributed by atoms with Crippen molar-refractivity contribution in [2.45, 2.75) is 163 Å². The van der Waals surface area contributed by atoms with Gasteiger partial charge in [-0.2, -0.15) is 0 Å². The quantitative estimate of drug-likeness (QED) is 0.207. The first kappa shape index (κ1) is 32.8. The van der Waals surface area contributed by atoms with E-state index in [0.29, 0.717) is 18.9 Å². The lowest BCUT2D eigenvalue weighted by Crippen LogP contribution is -2.49. The lowest BCUT2D eigenvalue weighted by Gasteiger charge is -2.48. The minimum atomic E-state index is -0.653. The van der Waals surface area contributed by atoms with Gasteiger partial charge in [-0.05, 0) is 97.8 Å². The van der Waals surface area contributed by atoms with Gasteiger partial charge in [0.2, 0.25) is 0 Å². The predicted octanol–water partition coefficient (Wildman–Crippen LogP) is 7.94. The highest BCUT2D eigenvalue weighted by Crippen LogP contribution is 2.45. The van der Waals surface area contributed by atoms with Crippen molar-refractivity contribution >= 4 is 0 Å². The van der Waals surface area contributed by atoms with Crippen LogP contribution in [0.2, 0.25) is 0 Å². The Morgan fingerprint density at radius 2 is 1.36 bits per heavy atom. The van der Waals surface area contributed by atoms with Crippen molar-refractivity contribution in [1.29, 1.82) is 0 Å². The zero-order valence-electron chi connectivity index (χ0n) is 24.5. The highest BCUT2D eigenvalue weighted by atomic mass is 16.5. The Morgan fingerprint density at radius 3 is 1.79 bits per heavy atom. The third kappa shape index (κ3) is 10.2. The van der Waals surface area contributed by atoms with E-state index in [-0.39, 0.29) is 28.8 Å². The van der Waals surface area contributed by atoms with E-state index in [1.807, 2.05) is 13.8 Å². The number of hydrogen-bond acceptors (Lipinski definition) is 4. The molecule has 0 heterocycles. The van der Waals surface area contributed by atoms with Gasteiger partial charge < -0.3 is 19.3 Å². The van der Waals surface area contributed by atoms with Crippen molar-refractivity contribution in [2.75, 3.05) is 13.2 Å². The van der Waals surface area contributed by atoms with Gasteiger partial charge in [-0.25, -0.2) is 0 Å². The summed E-state index contributed by atoms with van der Waals surface area (Å²) in [5.41, 5.74) is -1.01. The Bertz CT molecular complexity index is 520. The van der Waals surface area contributed by atoms with E-state index in [1.165, 1.54) is 0 Å². The number of hydrogen-bond donors (Lipinski definition) is 1. The van der Waals surface area contributed by atoms with Crippen LogP contribution in [0.15, 0.2) is 0 Å². The van der Waals surface area contributed by atoms with Crippen molar-refractivity contribution < 1.29 is 19.3 Å². The van der Waals surface area contributed by atoms with Gasteiger partial charge in [-0.15, -0.1) is 0 Å². The molecule has 0 bridgehead atoms. The fraction of sp³-hybridized carbons (Fsp3) is 1.00. The number of ether oxygens (including phenoxy) is 3. The monoisotopic (exact) mass is 472 g/mol. The van der Waals surface area contributed by atoms with E-state index >= 15 is 0 Å². The summed E-state index contributed by atoms with van der Waals surface area (Å²) in [5, 5.41) is 10.4. The SMILES string of the molecule is CCC(CC(C)OC(C)(CC)C(C)(CC)CCOC(C)C)C(C)(CC)OCCC(C)(O)CC. The third-order valence-corrected chi connectivity index (χ3v) is 8.81. The standard InChI is InChI=1S/C29H60O4/c1-13-25(28(11,16-4)32-21-19-27(10,30)15-3)22-24(8)33-29(12,17-5)26(9,14-2)18-20-31-23(6)7/h23-25,30H,13-22H2,1-12H3. The molecule has 0 aliphatic heterocycles. The molecule has 0 saturated carbocycles. The summed E-state index contributed by atoms with van der Waals surface area (Å²) in [6.07, 6.45) is 7.85. The Labute approximate surface area is 207 Å². The van der Waals surface area contributed by atoms with Crippen LogP contribution in [0.5, 0.6) is 0 Å². The van der Waals surface area contributed by atoms with Gasteiger partial charge in [0.25, 0.3) is 0 Å². The Balaban J connectivity index is 5.31. The lowest BCUT2D eigenvalue weighted by atomic mass is 9.68. The molecule has 33 heavy (non-hydrogen) atoms. The van der Waals surface area contributed by atoms with E-state index in [4.69, 9.17) is 14.2 Å². The van der Waals surface area contributed by atoms with Gasteiger partial charge in [0.1, 0.15) is 0 Å². The van der Waals surface area contributed by atoms with E-state index in [0.717, 1.165) is 51.6 Å². The maximum atomic E-state index is 10.4. The highest BCUT2D eigenvalue weighted by Gasteiger charge is 2.44. The summed E-state index contributed by atoms with van der Waals surface area (Å²) < 4.78 is 19.3. The third-order valence-electron chi connectivity index (χ3n) is 8.81. The zero-order chi connectivity index (χ0) is 25.9. The summed E-state index contributed by atoms with van der Waals surface area (Å²) in [7, 11) is 0. The first-order chi connectivity index (χ1) is 15.2. The largest absolute Gasteiger partial charge is 0.390 e. The number of rotatable bonds is 19. The van der Waals surface area contributed by atoms with Crippen LogP contribution in [0, 0.1) is 11.3 Å². The minimum absolute atomic E-state index is 0.0584. The van der Waals surface area contributed by atoms with Crippen molar-refractivity contribution in [3.8, 4) is 0 Å². The molecule has 0 fully saturated rings. The van der Waals surface area contributed by atoms with Gasteiger partial charge in [-0.3, -0.25) is 0 Å². The molecule has 6 atom stereocenters. The van der Waals surface area contributed by atoms with Crippen LogP contribution in [0.3, 0.4) is 0 Å². The molecular weight excluding hydrogens is 412 g/mol. The average Bonchev–Trinajstić information content (AvgIpc) is 2.76. The fourth-order valence-electron chi connectivity index (χ4n) is 4.92. The highest BCUT2D eigenvalue weighted by molar-refractivity contribution is 4.94. The molecule has 0 spiro atoms. The van der Waals surface area contributed by atoms with E-state index < -0.39 is 5.60 Å². The molecule has 0 amide bonds. The molecular formula is C29H60O4. The lowest BCUT2D eigenvalue weighted by molar-refractivity contribution is -0.173. The molecule has 0 radical (unpaired) electrons. The second-order valence-corrected chi connectivity index (χ2v) is 11.6. The molecule has 0 aromatic rings. The summed E-state index contributed by atoms with van der Waals surface area (Å²) >= 11 is 0. The smallest absolute Gasteiger partial charge is 0.0709 e. The molecule has 1 N–H and O–H groups in total. The molecule has 0 aliphatic carbocycles. The van der Waals surface area contributed by atoms with Crippen LogP contribution in [0.1, 0.15) is 134 Å². The Kier molecular flexibility index (Phi) is 14.3. The normalized spacial score (nSPS) is 21.6. The second kappa shape index (κ2) is 14.4. The van der Waals surface area contributed by atoms with Crippen LogP contribution in [0.4, 0.5) is 0 Å². The summed E-state index contributed by atoms with van der Waals surface area (Å²) in [5.74, 6) is 0.405. The maximum Gasteiger partial charge on any atom is 0.0709 e. The molecule has 4 heteroatoms. The van der Waals surface area contributed by atoms with Crippen molar-refractivity contribution in [3.63, 3.8) is 0 Å². The van der Waals surface area contributed by atoms with Crippen LogP contribution < -0.4 is 0 Å². The first-order valence-electron chi connectivity index (χ1n) is 13.8. The van der Waals surface area contributed by atoms with E-state index in [9.17, 15) is 5.11 Å². The van der Waals surface area contributed by atoms with Gasteiger partial charge in [-0.1, -0.05) is 48.0 Å². The molecule has 0 saturated heterocycles. The Hall–Kier alpha value is -0.160. The molecule has 4 nitrogen and oxygen atoms in total. The van der Waals surface area contributed by atoms with Crippen LogP contribution >= 0.6 is 0 Å². The van der Waals surface area contributed by atoms with Gasteiger partial charge >= 0.3 is 0 Å². The molecule has 0 aromatic carbocycles. The molecule has 0 aromatic heterocycles. The Morgan fingerprint density at radius 1 is 0.758 bits per heavy atom. The van der Waals surface area contributed by atoms with Crippen molar-refractivity contribution in [3.05, 3.63) is 0 Å². The van der Waals surface area contributed by atoms with Crippen molar-refractivity contribution in [2.24, 2.45) is 11.3 Å². The average molecular weight is 473 g/mol. The second-order valence-electron chi connectivity index (χ2n) is 11.6. The minimum Gasteiger partial charge on any atom is -0.390 e. The summed E-state index contributed by atoms with van der Waals surface area (Å²) in [6, 6.07) is 0. The van der Waals surface area contributed by atoms with E-state index in [2.05, 4.69) is 69.2 Å². The van der Waals surface area contributed by atoms with Crippen LogP contribution in [-0.2, 0) is 14.2 Å². The molecule has 0 aliphatic rings. The first-order valence-corrected chi connectivity index (χ1v) is 13.8. The van der Waals surface area contributed by atoms with E-state index in [1.54, 1.807) is 0 Å². The maximum absolute atomic E-state index is 10.4. The molecule has 200 valence electrons.